The monoisotopic (exact) mass is 531 g/mol. The fourth-order valence-corrected chi connectivity index (χ4v) is 5.93. The Bertz CT molecular complexity index is 1120. The highest BCUT2D eigenvalue weighted by molar-refractivity contribution is 8.00. The van der Waals surface area contributed by atoms with Crippen LogP contribution in [0.25, 0.3) is 0 Å². The number of amides is 1. The highest BCUT2D eigenvalue weighted by Gasteiger charge is 2.44. The van der Waals surface area contributed by atoms with E-state index in [1.54, 1.807) is 6.07 Å². The number of aromatic nitrogens is 2. The largest absolute Gasteiger partial charge is 0.395 e. The topological polar surface area (TPSA) is 90.4 Å². The van der Waals surface area contributed by atoms with Crippen LogP contribution < -0.4 is 14.9 Å². The van der Waals surface area contributed by atoms with Crippen LogP contribution >= 0.6 is 11.9 Å². The predicted molar refractivity (Wildman–Crippen MR) is 144 cm³/mol. The van der Waals surface area contributed by atoms with Crippen LogP contribution in [0.2, 0.25) is 0 Å². The molecule has 1 aromatic carbocycles. The van der Waals surface area contributed by atoms with Gasteiger partial charge in [0.05, 0.1) is 17.9 Å². The molecule has 5 rings (SSSR count). The summed E-state index contributed by atoms with van der Waals surface area (Å²) in [5.74, 6) is -1.51. The van der Waals surface area contributed by atoms with E-state index in [0.717, 1.165) is 37.3 Å². The maximum atomic E-state index is 13.6. The summed E-state index contributed by atoms with van der Waals surface area (Å²) in [7, 11) is 0. The SMILES string of the molecule is Cc1cc(NC(=O)c2ccc(NSCCO)cc2N2CCC3(CC2)CC3)nc(C2CCC(F)(F)CC2)n1. The first-order chi connectivity index (χ1) is 17.8. The third-order valence-corrected chi connectivity index (χ3v) is 8.71. The molecule has 1 amide bonds. The van der Waals surface area contributed by atoms with Crippen LogP contribution in [0.1, 0.15) is 79.2 Å². The van der Waals surface area contributed by atoms with Crippen LogP contribution in [0.15, 0.2) is 24.3 Å². The van der Waals surface area contributed by atoms with E-state index in [-0.39, 0.29) is 31.3 Å². The molecule has 0 unspecified atom stereocenters. The van der Waals surface area contributed by atoms with Crippen LogP contribution in [-0.2, 0) is 0 Å². The normalized spacial score (nSPS) is 20.6. The molecule has 2 aromatic rings. The maximum Gasteiger partial charge on any atom is 0.258 e. The van der Waals surface area contributed by atoms with Gasteiger partial charge in [-0.3, -0.25) is 4.79 Å². The maximum absolute atomic E-state index is 13.6. The molecule has 3 aliphatic rings. The van der Waals surface area contributed by atoms with Crippen molar-refractivity contribution in [3.63, 3.8) is 0 Å². The Balaban J connectivity index is 1.35. The van der Waals surface area contributed by atoms with Crippen LogP contribution in [0.4, 0.5) is 26.0 Å². The molecule has 1 aliphatic heterocycles. The molecular formula is C27H35F2N5O2S. The number of alkyl halides is 2. The van der Waals surface area contributed by atoms with Gasteiger partial charge in [-0.1, -0.05) is 11.9 Å². The van der Waals surface area contributed by atoms with Crippen molar-refractivity contribution < 1.29 is 18.7 Å². The van der Waals surface area contributed by atoms with Crippen molar-refractivity contribution in [2.24, 2.45) is 5.41 Å². The van der Waals surface area contributed by atoms with Crippen LogP contribution in [0.3, 0.4) is 0 Å². The number of piperidine rings is 1. The Labute approximate surface area is 221 Å². The third kappa shape index (κ3) is 6.34. The summed E-state index contributed by atoms with van der Waals surface area (Å²) in [4.78, 5) is 24.9. The zero-order valence-corrected chi connectivity index (χ0v) is 22.0. The Hall–Kier alpha value is -2.46. The van der Waals surface area contributed by atoms with E-state index in [4.69, 9.17) is 5.11 Å². The Morgan fingerprint density at radius 2 is 1.84 bits per heavy atom. The van der Waals surface area contributed by atoms with Gasteiger partial charge in [-0.25, -0.2) is 18.7 Å². The molecule has 2 heterocycles. The number of rotatable bonds is 8. The van der Waals surface area contributed by atoms with Crippen molar-refractivity contribution in [1.29, 1.82) is 0 Å². The molecule has 10 heteroatoms. The van der Waals surface area contributed by atoms with E-state index in [1.165, 1.54) is 24.8 Å². The average molecular weight is 532 g/mol. The molecule has 0 atom stereocenters. The number of anilines is 3. The summed E-state index contributed by atoms with van der Waals surface area (Å²) in [6.45, 7) is 3.74. The first-order valence-corrected chi connectivity index (χ1v) is 14.2. The molecular weight excluding hydrogens is 496 g/mol. The van der Waals surface area contributed by atoms with Gasteiger partial charge in [0.1, 0.15) is 11.6 Å². The number of aliphatic hydroxyl groups excluding tert-OH is 1. The molecule has 1 aromatic heterocycles. The predicted octanol–water partition coefficient (Wildman–Crippen LogP) is 5.76. The van der Waals surface area contributed by atoms with Crippen molar-refractivity contribution in [2.75, 3.05) is 40.4 Å². The minimum absolute atomic E-state index is 0.0862. The zero-order valence-electron chi connectivity index (χ0n) is 21.2. The molecule has 0 bridgehead atoms. The van der Waals surface area contributed by atoms with Crippen molar-refractivity contribution in [2.45, 2.75) is 70.1 Å². The second-order valence-corrected chi connectivity index (χ2v) is 11.6. The number of aryl methyl sites for hydroxylation is 1. The van der Waals surface area contributed by atoms with Gasteiger partial charge < -0.3 is 20.0 Å². The summed E-state index contributed by atoms with van der Waals surface area (Å²) < 4.78 is 30.5. The third-order valence-electron chi connectivity index (χ3n) is 7.94. The van der Waals surface area contributed by atoms with E-state index >= 15 is 0 Å². The molecule has 1 spiro atoms. The second-order valence-electron chi connectivity index (χ2n) is 10.7. The molecule has 3 fully saturated rings. The molecule has 1 saturated heterocycles. The van der Waals surface area contributed by atoms with Gasteiger partial charge >= 0.3 is 0 Å². The summed E-state index contributed by atoms with van der Waals surface area (Å²) in [6, 6.07) is 7.42. The standard InChI is InChI=1S/C27H35F2N5O2S/c1-18-16-23(31-24(30-18)19-4-6-27(28,29)7-5-19)32-25(36)21-3-2-20(33-37-15-14-35)17-22(21)34-12-10-26(8-9-26)11-13-34/h2-3,16-17,19,33,35H,4-15H2,1H3,(H,30,31,32,36). The minimum Gasteiger partial charge on any atom is -0.395 e. The summed E-state index contributed by atoms with van der Waals surface area (Å²) >= 11 is 1.42. The van der Waals surface area contributed by atoms with Gasteiger partial charge in [-0.15, -0.1) is 0 Å². The second kappa shape index (κ2) is 10.7. The highest BCUT2D eigenvalue weighted by atomic mass is 32.2. The van der Waals surface area contributed by atoms with E-state index in [9.17, 15) is 13.6 Å². The summed E-state index contributed by atoms with van der Waals surface area (Å²) in [5, 5.41) is 12.0. The molecule has 2 aliphatic carbocycles. The number of nitrogens with one attached hydrogen (secondary N) is 2. The van der Waals surface area contributed by atoms with E-state index in [0.29, 0.717) is 46.9 Å². The van der Waals surface area contributed by atoms with Gasteiger partial charge in [-0.2, -0.15) is 0 Å². The van der Waals surface area contributed by atoms with Crippen LogP contribution in [-0.4, -0.2) is 52.4 Å². The molecule has 2 saturated carbocycles. The minimum atomic E-state index is -2.61. The number of nitrogens with zero attached hydrogens (tertiary/aromatic N) is 3. The smallest absolute Gasteiger partial charge is 0.258 e. The van der Waals surface area contributed by atoms with E-state index < -0.39 is 5.92 Å². The fraction of sp³-hybridized carbons (Fsp3) is 0.593. The lowest BCUT2D eigenvalue weighted by Gasteiger charge is -2.35. The van der Waals surface area contributed by atoms with Gasteiger partial charge in [0.15, 0.2) is 0 Å². The van der Waals surface area contributed by atoms with E-state index in [1.807, 2.05) is 25.1 Å². The lowest BCUT2D eigenvalue weighted by molar-refractivity contribution is -0.0387. The molecule has 7 nitrogen and oxygen atoms in total. The Kier molecular flexibility index (Phi) is 7.58. The Morgan fingerprint density at radius 3 is 2.51 bits per heavy atom. The quantitative estimate of drug-likeness (QED) is 0.295. The van der Waals surface area contributed by atoms with Gasteiger partial charge in [0.2, 0.25) is 5.92 Å². The number of aliphatic hydroxyl groups is 1. The summed E-state index contributed by atoms with van der Waals surface area (Å²) in [5.41, 5.74) is 3.54. The molecule has 37 heavy (non-hydrogen) atoms. The molecule has 0 radical (unpaired) electrons. The lowest BCUT2D eigenvalue weighted by Crippen LogP contribution is -2.35. The van der Waals surface area contributed by atoms with Crippen molar-refractivity contribution in [3.05, 3.63) is 41.3 Å². The number of benzene rings is 1. The van der Waals surface area contributed by atoms with Crippen molar-refractivity contribution >= 4 is 35.0 Å². The zero-order chi connectivity index (χ0) is 26.0. The lowest BCUT2D eigenvalue weighted by atomic mass is 9.86. The highest BCUT2D eigenvalue weighted by Crippen LogP contribution is 2.54. The first kappa shape index (κ1) is 26.2. The molecule has 3 N–H and O–H groups in total. The number of hydrogen-bond acceptors (Lipinski definition) is 7. The van der Waals surface area contributed by atoms with Gasteiger partial charge in [-0.05, 0) is 69.1 Å². The number of halogens is 2. The van der Waals surface area contributed by atoms with E-state index in [2.05, 4.69) is 24.9 Å². The van der Waals surface area contributed by atoms with Crippen molar-refractivity contribution in [3.8, 4) is 0 Å². The van der Waals surface area contributed by atoms with Crippen LogP contribution in [0, 0.1) is 12.3 Å². The number of carbonyl (C=O) groups is 1. The number of hydrogen-bond donors (Lipinski definition) is 3. The van der Waals surface area contributed by atoms with Gasteiger partial charge in [0.25, 0.3) is 5.91 Å². The van der Waals surface area contributed by atoms with Crippen molar-refractivity contribution in [1.82, 2.24) is 9.97 Å². The fourth-order valence-electron chi connectivity index (χ4n) is 5.45. The van der Waals surface area contributed by atoms with Crippen LogP contribution in [0.5, 0.6) is 0 Å². The first-order valence-electron chi connectivity index (χ1n) is 13.2. The number of carbonyl (C=O) groups excluding carboxylic acids is 1. The molecule has 200 valence electrons. The average Bonchev–Trinajstić information content (AvgIpc) is 3.62. The Morgan fingerprint density at radius 1 is 1.11 bits per heavy atom. The summed E-state index contributed by atoms with van der Waals surface area (Å²) in [6.07, 6.45) is 5.26. The van der Waals surface area contributed by atoms with Gasteiger partial charge in [0, 0.05) is 55.0 Å².